The number of anilines is 1. The molecule has 2 rings (SSSR count). The molecule has 0 saturated heterocycles. The van der Waals surface area contributed by atoms with Crippen LogP contribution in [0.25, 0.3) is 0 Å². The smallest absolute Gasteiger partial charge is 0.242 e. The fourth-order valence-electron chi connectivity index (χ4n) is 3.36. The summed E-state index contributed by atoms with van der Waals surface area (Å²) in [4.78, 5) is 26.9. The molecule has 0 heterocycles. The molecule has 0 aromatic heterocycles. The summed E-state index contributed by atoms with van der Waals surface area (Å²) in [5, 5.41) is 3.14. The second-order valence-corrected chi connectivity index (χ2v) is 10.0. The van der Waals surface area contributed by atoms with E-state index in [0.717, 1.165) is 28.8 Å². The fourth-order valence-corrected chi connectivity index (χ4v) is 4.51. The molecule has 0 saturated carbocycles. The third-order valence-corrected chi connectivity index (χ3v) is 6.72. The van der Waals surface area contributed by atoms with Gasteiger partial charge in [-0.3, -0.25) is 13.9 Å². The third kappa shape index (κ3) is 7.39. The van der Waals surface area contributed by atoms with Crippen LogP contribution in [0, 0.1) is 11.6 Å². The van der Waals surface area contributed by atoms with Crippen LogP contribution < -0.4 is 9.62 Å². The number of nitrogens with one attached hydrogen (secondary N) is 1. The number of nitrogens with zero attached hydrogens (tertiary/aromatic N) is 2. The predicted octanol–water partition coefficient (Wildman–Crippen LogP) is 3.72. The minimum atomic E-state index is -3.82. The molecule has 1 atom stereocenters. The second kappa shape index (κ2) is 12.1. The Hall–Kier alpha value is -2.72. The highest BCUT2D eigenvalue weighted by Crippen LogP contribution is 2.22. The normalized spacial score (nSPS) is 12.2. The lowest BCUT2D eigenvalue weighted by Gasteiger charge is -2.29. The number of sulfonamides is 1. The van der Waals surface area contributed by atoms with Crippen molar-refractivity contribution in [2.75, 3.05) is 23.7 Å². The van der Waals surface area contributed by atoms with Crippen molar-refractivity contribution in [2.45, 2.75) is 39.3 Å². The standard InChI is InChI=1S/C23H28ClF2N3O4S/c1-4-27-23(31)16(2)28(15-17-8-5-6-9-19(17)24)22(30)10-7-13-29(34(3,32)33)18-11-12-20(25)21(26)14-18/h5-6,8-9,11-12,14,16H,4,7,10,13,15H2,1-3H3,(H,27,31)/t16-/m1/s1. The largest absolute Gasteiger partial charge is 0.355 e. The summed E-state index contributed by atoms with van der Waals surface area (Å²) in [5.74, 6) is -2.98. The van der Waals surface area contributed by atoms with E-state index < -0.39 is 27.7 Å². The topological polar surface area (TPSA) is 86.8 Å². The zero-order valence-electron chi connectivity index (χ0n) is 19.2. The molecule has 0 radical (unpaired) electrons. The van der Waals surface area contributed by atoms with Crippen molar-refractivity contribution in [1.29, 1.82) is 0 Å². The van der Waals surface area contributed by atoms with Gasteiger partial charge in [0.05, 0.1) is 11.9 Å². The average Bonchev–Trinajstić information content (AvgIpc) is 2.77. The van der Waals surface area contributed by atoms with E-state index in [1.165, 1.54) is 4.90 Å². The molecule has 0 unspecified atom stereocenters. The molecule has 0 fully saturated rings. The molecule has 7 nitrogen and oxygen atoms in total. The number of hydrogen-bond acceptors (Lipinski definition) is 4. The molecule has 186 valence electrons. The molecule has 1 N–H and O–H groups in total. The van der Waals surface area contributed by atoms with Crippen molar-refractivity contribution in [3.05, 3.63) is 64.7 Å². The van der Waals surface area contributed by atoms with Gasteiger partial charge in [0.1, 0.15) is 6.04 Å². The maximum Gasteiger partial charge on any atom is 0.242 e. The Kier molecular flexibility index (Phi) is 9.81. The van der Waals surface area contributed by atoms with Crippen molar-refractivity contribution in [1.82, 2.24) is 10.2 Å². The predicted molar refractivity (Wildman–Crippen MR) is 128 cm³/mol. The Morgan fingerprint density at radius 1 is 1.12 bits per heavy atom. The first-order valence-corrected chi connectivity index (χ1v) is 12.9. The van der Waals surface area contributed by atoms with Gasteiger partial charge in [0.2, 0.25) is 21.8 Å². The molecule has 0 aliphatic heterocycles. The van der Waals surface area contributed by atoms with Gasteiger partial charge in [0.25, 0.3) is 0 Å². The lowest BCUT2D eigenvalue weighted by molar-refractivity contribution is -0.140. The van der Waals surface area contributed by atoms with E-state index in [1.54, 1.807) is 38.1 Å². The first-order valence-electron chi connectivity index (χ1n) is 10.7. The Balaban J connectivity index is 2.18. The Morgan fingerprint density at radius 2 is 1.79 bits per heavy atom. The van der Waals surface area contributed by atoms with Crippen molar-refractivity contribution >= 4 is 39.1 Å². The monoisotopic (exact) mass is 515 g/mol. The number of hydrogen-bond donors (Lipinski definition) is 1. The number of halogens is 3. The molecule has 2 aromatic rings. The van der Waals surface area contributed by atoms with Crippen LogP contribution in [0.2, 0.25) is 5.02 Å². The highest BCUT2D eigenvalue weighted by Gasteiger charge is 2.27. The van der Waals surface area contributed by atoms with E-state index in [4.69, 9.17) is 11.6 Å². The number of rotatable bonds is 11. The van der Waals surface area contributed by atoms with Gasteiger partial charge in [-0.15, -0.1) is 0 Å². The summed E-state index contributed by atoms with van der Waals surface area (Å²) < 4.78 is 52.3. The first kappa shape index (κ1) is 27.5. The zero-order chi connectivity index (χ0) is 25.5. The van der Waals surface area contributed by atoms with Crippen LogP contribution >= 0.6 is 11.6 Å². The maximum absolute atomic E-state index is 13.6. The molecule has 2 amide bonds. The van der Waals surface area contributed by atoms with Gasteiger partial charge in [-0.05, 0) is 44.0 Å². The van der Waals surface area contributed by atoms with Gasteiger partial charge in [0, 0.05) is 37.1 Å². The van der Waals surface area contributed by atoms with Crippen LogP contribution in [-0.4, -0.2) is 50.5 Å². The van der Waals surface area contributed by atoms with E-state index in [9.17, 15) is 26.8 Å². The fraction of sp³-hybridized carbons (Fsp3) is 0.391. The van der Waals surface area contributed by atoms with Crippen LogP contribution in [0.3, 0.4) is 0 Å². The molecular weight excluding hydrogens is 488 g/mol. The Morgan fingerprint density at radius 3 is 2.38 bits per heavy atom. The van der Waals surface area contributed by atoms with E-state index >= 15 is 0 Å². The summed E-state index contributed by atoms with van der Waals surface area (Å²) in [6.07, 6.45) is 0.951. The minimum Gasteiger partial charge on any atom is -0.355 e. The summed E-state index contributed by atoms with van der Waals surface area (Å²) in [6.45, 7) is 3.72. The van der Waals surface area contributed by atoms with E-state index in [-0.39, 0.29) is 43.4 Å². The Labute approximate surface area is 203 Å². The summed E-state index contributed by atoms with van der Waals surface area (Å²) in [7, 11) is -3.82. The number of carbonyl (C=O) groups excluding carboxylic acids is 2. The van der Waals surface area contributed by atoms with Gasteiger partial charge < -0.3 is 10.2 Å². The minimum absolute atomic E-state index is 0.0440. The first-order chi connectivity index (χ1) is 16.0. The molecule has 0 bridgehead atoms. The number of carbonyl (C=O) groups is 2. The van der Waals surface area contributed by atoms with Crippen LogP contribution in [-0.2, 0) is 26.2 Å². The van der Waals surface area contributed by atoms with Crippen molar-refractivity contribution in [3.8, 4) is 0 Å². The molecule has 0 spiro atoms. The third-order valence-electron chi connectivity index (χ3n) is 5.16. The van der Waals surface area contributed by atoms with Gasteiger partial charge in [-0.2, -0.15) is 0 Å². The Bertz CT molecular complexity index is 1130. The van der Waals surface area contributed by atoms with Crippen LogP contribution in [0.1, 0.15) is 32.3 Å². The van der Waals surface area contributed by atoms with Crippen molar-refractivity contribution < 1.29 is 26.8 Å². The van der Waals surface area contributed by atoms with E-state index in [0.29, 0.717) is 17.1 Å². The van der Waals surface area contributed by atoms with Crippen LogP contribution in [0.5, 0.6) is 0 Å². The van der Waals surface area contributed by atoms with Crippen molar-refractivity contribution in [2.24, 2.45) is 0 Å². The average molecular weight is 516 g/mol. The van der Waals surface area contributed by atoms with Crippen molar-refractivity contribution in [3.63, 3.8) is 0 Å². The number of benzene rings is 2. The van der Waals surface area contributed by atoms with E-state index in [2.05, 4.69) is 5.32 Å². The quantitative estimate of drug-likeness (QED) is 0.494. The highest BCUT2D eigenvalue weighted by atomic mass is 35.5. The van der Waals surface area contributed by atoms with E-state index in [1.807, 2.05) is 0 Å². The summed E-state index contributed by atoms with van der Waals surface area (Å²) in [6, 6.07) is 8.95. The number of amides is 2. The summed E-state index contributed by atoms with van der Waals surface area (Å²) >= 11 is 6.24. The molecule has 0 aliphatic carbocycles. The lowest BCUT2D eigenvalue weighted by atomic mass is 10.1. The maximum atomic E-state index is 13.6. The molecule has 11 heteroatoms. The molecule has 0 aliphatic rings. The lowest BCUT2D eigenvalue weighted by Crippen LogP contribution is -2.47. The molecular formula is C23H28ClF2N3O4S. The highest BCUT2D eigenvalue weighted by molar-refractivity contribution is 7.92. The molecule has 34 heavy (non-hydrogen) atoms. The summed E-state index contributed by atoms with van der Waals surface area (Å²) in [5.41, 5.74) is 0.616. The number of likely N-dealkylation sites (N-methyl/N-ethyl adjacent to an activating group) is 1. The van der Waals surface area contributed by atoms with Gasteiger partial charge >= 0.3 is 0 Å². The van der Waals surface area contributed by atoms with Gasteiger partial charge in [-0.1, -0.05) is 29.8 Å². The van der Waals surface area contributed by atoms with Crippen LogP contribution in [0.4, 0.5) is 14.5 Å². The van der Waals surface area contributed by atoms with Gasteiger partial charge in [0.15, 0.2) is 11.6 Å². The van der Waals surface area contributed by atoms with Gasteiger partial charge in [-0.25, -0.2) is 17.2 Å². The SMILES string of the molecule is CCNC(=O)[C@@H](C)N(Cc1ccccc1Cl)C(=O)CCCN(c1ccc(F)c(F)c1)S(C)(=O)=O. The second-order valence-electron chi connectivity index (χ2n) is 7.72. The zero-order valence-corrected chi connectivity index (χ0v) is 20.8. The van der Waals surface area contributed by atoms with Crippen LogP contribution in [0.15, 0.2) is 42.5 Å². The molecule has 2 aromatic carbocycles.